The number of thiazole rings is 1. The van der Waals surface area contributed by atoms with Crippen LogP contribution in [0.5, 0.6) is 0 Å². The Morgan fingerprint density at radius 2 is 2.13 bits per heavy atom. The molecule has 2 heterocycles. The zero-order chi connectivity index (χ0) is 16.8. The molecule has 0 unspecified atom stereocenters. The van der Waals surface area contributed by atoms with Gasteiger partial charge in [0.2, 0.25) is 0 Å². The average Bonchev–Trinajstić information content (AvgIpc) is 2.85. The molecule has 1 amide bonds. The van der Waals surface area contributed by atoms with Crippen LogP contribution in [0.3, 0.4) is 0 Å². The molecule has 6 heteroatoms. The molecule has 1 fully saturated rings. The molecule has 130 valence electrons. The first-order chi connectivity index (χ1) is 11.0. The van der Waals surface area contributed by atoms with Crippen LogP contribution in [-0.4, -0.2) is 53.2 Å². The number of aromatic nitrogens is 1. The molecule has 0 saturated carbocycles. The van der Waals surface area contributed by atoms with Crippen LogP contribution in [-0.2, 0) is 6.42 Å². The van der Waals surface area contributed by atoms with E-state index in [1.807, 2.05) is 6.92 Å². The van der Waals surface area contributed by atoms with Crippen molar-refractivity contribution < 1.29 is 9.90 Å². The molecule has 0 atom stereocenters. The molecular weight excluding hydrogens is 310 g/mol. The summed E-state index contributed by atoms with van der Waals surface area (Å²) in [6, 6.07) is 0. The van der Waals surface area contributed by atoms with Crippen LogP contribution >= 0.6 is 11.3 Å². The number of nitrogens with one attached hydrogen (secondary N) is 1. The predicted octanol–water partition coefficient (Wildman–Crippen LogP) is 2.23. The fraction of sp³-hybridized carbons (Fsp3) is 0.765. The van der Waals surface area contributed by atoms with E-state index in [1.165, 1.54) is 11.3 Å². The lowest BCUT2D eigenvalue weighted by molar-refractivity contribution is 0.0816. The summed E-state index contributed by atoms with van der Waals surface area (Å²) in [7, 11) is 0. The van der Waals surface area contributed by atoms with Gasteiger partial charge in [0.1, 0.15) is 4.88 Å². The number of piperidine rings is 1. The van der Waals surface area contributed by atoms with Gasteiger partial charge in [0.15, 0.2) is 0 Å². The third kappa shape index (κ3) is 5.86. The first-order valence-corrected chi connectivity index (χ1v) is 9.42. The van der Waals surface area contributed by atoms with Crippen molar-refractivity contribution in [3.8, 4) is 0 Å². The molecule has 0 radical (unpaired) electrons. The van der Waals surface area contributed by atoms with Crippen LogP contribution < -0.4 is 5.32 Å². The largest absolute Gasteiger partial charge is 0.393 e. The SMILES string of the molecule is Cc1nc(CC(C)C)c(C(=O)NCCCN2CCC(O)CC2)s1. The summed E-state index contributed by atoms with van der Waals surface area (Å²) < 4.78 is 0. The number of nitrogens with zero attached hydrogens (tertiary/aromatic N) is 2. The number of aliphatic hydroxyl groups excluding tert-OH is 1. The maximum atomic E-state index is 12.4. The van der Waals surface area contributed by atoms with E-state index >= 15 is 0 Å². The van der Waals surface area contributed by atoms with Gasteiger partial charge >= 0.3 is 0 Å². The molecule has 5 nitrogen and oxygen atoms in total. The van der Waals surface area contributed by atoms with Crippen LogP contribution in [0.25, 0.3) is 0 Å². The van der Waals surface area contributed by atoms with Crippen LogP contribution in [0.1, 0.15) is 53.5 Å². The van der Waals surface area contributed by atoms with E-state index in [1.54, 1.807) is 0 Å². The number of carbonyl (C=O) groups is 1. The van der Waals surface area contributed by atoms with Crippen LogP contribution in [0, 0.1) is 12.8 Å². The number of likely N-dealkylation sites (tertiary alicyclic amines) is 1. The Balaban J connectivity index is 1.74. The van der Waals surface area contributed by atoms with Gasteiger partial charge in [-0.15, -0.1) is 11.3 Å². The third-order valence-corrected chi connectivity index (χ3v) is 5.12. The molecule has 1 aliphatic heterocycles. The number of aliphatic hydroxyl groups is 1. The maximum absolute atomic E-state index is 12.4. The second-order valence-electron chi connectivity index (χ2n) is 6.79. The fourth-order valence-corrected chi connectivity index (χ4v) is 3.76. The normalized spacial score (nSPS) is 16.9. The Hall–Kier alpha value is -0.980. The minimum Gasteiger partial charge on any atom is -0.393 e. The molecule has 2 N–H and O–H groups in total. The number of hydrogen-bond donors (Lipinski definition) is 2. The summed E-state index contributed by atoms with van der Waals surface area (Å²) in [5.74, 6) is 0.512. The monoisotopic (exact) mass is 339 g/mol. The summed E-state index contributed by atoms with van der Waals surface area (Å²) in [6.07, 6.45) is 3.40. The first kappa shape index (κ1) is 18.4. The topological polar surface area (TPSA) is 65.5 Å². The van der Waals surface area contributed by atoms with Crippen LogP contribution in [0.4, 0.5) is 0 Å². The second kappa shape index (κ2) is 8.76. The lowest BCUT2D eigenvalue weighted by Gasteiger charge is -2.29. The number of amides is 1. The van der Waals surface area contributed by atoms with Crippen molar-refractivity contribution in [1.29, 1.82) is 0 Å². The minimum atomic E-state index is -0.125. The van der Waals surface area contributed by atoms with Crippen LogP contribution in [0.15, 0.2) is 0 Å². The van der Waals surface area contributed by atoms with E-state index in [0.29, 0.717) is 12.5 Å². The van der Waals surface area contributed by atoms with E-state index in [4.69, 9.17) is 0 Å². The standard InChI is InChI=1S/C17H29N3O2S/c1-12(2)11-15-16(23-13(3)19-15)17(22)18-7-4-8-20-9-5-14(21)6-10-20/h12,14,21H,4-11H2,1-3H3,(H,18,22). The summed E-state index contributed by atoms with van der Waals surface area (Å²) in [4.78, 5) is 20.0. The predicted molar refractivity (Wildman–Crippen MR) is 94.0 cm³/mol. The van der Waals surface area contributed by atoms with Crippen molar-refractivity contribution in [2.75, 3.05) is 26.2 Å². The summed E-state index contributed by atoms with van der Waals surface area (Å²) >= 11 is 1.49. The number of aryl methyl sites for hydroxylation is 1. The number of rotatable bonds is 7. The van der Waals surface area contributed by atoms with E-state index in [-0.39, 0.29) is 12.0 Å². The molecule has 1 aromatic rings. The Labute approximate surface area is 143 Å². The van der Waals surface area contributed by atoms with Gasteiger partial charge in [-0.2, -0.15) is 0 Å². The zero-order valence-electron chi connectivity index (χ0n) is 14.5. The molecule has 0 aliphatic carbocycles. The molecule has 1 aromatic heterocycles. The van der Waals surface area contributed by atoms with Gasteiger partial charge in [0.05, 0.1) is 16.8 Å². The van der Waals surface area contributed by atoms with E-state index in [0.717, 1.165) is 60.9 Å². The Kier molecular flexibility index (Phi) is 6.99. The highest BCUT2D eigenvalue weighted by Crippen LogP contribution is 2.20. The van der Waals surface area contributed by atoms with Gasteiger partial charge in [0, 0.05) is 19.6 Å². The van der Waals surface area contributed by atoms with E-state index < -0.39 is 0 Å². The summed E-state index contributed by atoms with van der Waals surface area (Å²) in [5, 5.41) is 13.5. The molecular formula is C17H29N3O2S. The molecule has 1 aliphatic rings. The molecule has 1 saturated heterocycles. The van der Waals surface area contributed by atoms with Crippen molar-refractivity contribution in [2.24, 2.45) is 5.92 Å². The lowest BCUT2D eigenvalue weighted by Crippen LogP contribution is -2.37. The van der Waals surface area contributed by atoms with E-state index in [2.05, 4.69) is 29.0 Å². The summed E-state index contributed by atoms with van der Waals surface area (Å²) in [5.41, 5.74) is 0.935. The van der Waals surface area contributed by atoms with Gasteiger partial charge in [-0.05, 0) is 45.1 Å². The lowest BCUT2D eigenvalue weighted by atomic mass is 10.1. The smallest absolute Gasteiger partial charge is 0.263 e. The third-order valence-electron chi connectivity index (χ3n) is 4.11. The number of hydrogen-bond acceptors (Lipinski definition) is 5. The summed E-state index contributed by atoms with van der Waals surface area (Å²) in [6.45, 7) is 9.83. The second-order valence-corrected chi connectivity index (χ2v) is 7.99. The van der Waals surface area contributed by atoms with Crippen molar-refractivity contribution in [3.63, 3.8) is 0 Å². The highest BCUT2D eigenvalue weighted by Gasteiger charge is 2.18. The molecule has 23 heavy (non-hydrogen) atoms. The van der Waals surface area contributed by atoms with Gasteiger partial charge in [0.25, 0.3) is 5.91 Å². The average molecular weight is 340 g/mol. The van der Waals surface area contributed by atoms with Crippen molar-refractivity contribution in [1.82, 2.24) is 15.2 Å². The van der Waals surface area contributed by atoms with Gasteiger partial charge < -0.3 is 15.3 Å². The van der Waals surface area contributed by atoms with Gasteiger partial charge in [-0.1, -0.05) is 13.8 Å². The minimum absolute atomic E-state index is 0.0142. The molecule has 2 rings (SSSR count). The van der Waals surface area contributed by atoms with Gasteiger partial charge in [-0.25, -0.2) is 4.98 Å². The molecule has 0 aromatic carbocycles. The van der Waals surface area contributed by atoms with Crippen molar-refractivity contribution in [3.05, 3.63) is 15.6 Å². The Bertz CT molecular complexity index is 508. The zero-order valence-corrected chi connectivity index (χ0v) is 15.3. The fourth-order valence-electron chi connectivity index (χ4n) is 2.90. The molecule has 0 bridgehead atoms. The van der Waals surface area contributed by atoms with E-state index in [9.17, 15) is 9.90 Å². The highest BCUT2D eigenvalue weighted by atomic mass is 32.1. The quantitative estimate of drug-likeness (QED) is 0.748. The van der Waals surface area contributed by atoms with Crippen LogP contribution in [0.2, 0.25) is 0 Å². The van der Waals surface area contributed by atoms with Crippen molar-refractivity contribution >= 4 is 17.2 Å². The molecule has 0 spiro atoms. The maximum Gasteiger partial charge on any atom is 0.263 e. The van der Waals surface area contributed by atoms with Gasteiger partial charge in [-0.3, -0.25) is 4.79 Å². The van der Waals surface area contributed by atoms with Crippen molar-refractivity contribution in [2.45, 2.75) is 52.6 Å². The Morgan fingerprint density at radius 3 is 2.78 bits per heavy atom. The number of carbonyl (C=O) groups excluding carboxylic acids is 1. The Morgan fingerprint density at radius 1 is 1.43 bits per heavy atom. The highest BCUT2D eigenvalue weighted by molar-refractivity contribution is 7.13. The first-order valence-electron chi connectivity index (χ1n) is 8.60.